The van der Waals surface area contributed by atoms with Gasteiger partial charge in [0, 0.05) is 29.4 Å². The van der Waals surface area contributed by atoms with Crippen LogP contribution in [0.25, 0.3) is 0 Å². The first-order valence-corrected chi connectivity index (χ1v) is 11.0. The minimum absolute atomic E-state index is 0.156. The topological polar surface area (TPSA) is 105 Å². The Balaban J connectivity index is 3.01. The third-order valence-corrected chi connectivity index (χ3v) is 5.80. The van der Waals surface area contributed by atoms with Gasteiger partial charge in [0.1, 0.15) is 6.04 Å². The summed E-state index contributed by atoms with van der Waals surface area (Å²) in [4.78, 5) is 37.4. The summed E-state index contributed by atoms with van der Waals surface area (Å²) in [6.45, 7) is 11.5. The first-order valence-electron chi connectivity index (χ1n) is 9.59. The van der Waals surface area contributed by atoms with Crippen LogP contribution in [0.3, 0.4) is 0 Å². The summed E-state index contributed by atoms with van der Waals surface area (Å²) in [5.41, 5.74) is 1.04. The third-order valence-electron chi connectivity index (χ3n) is 4.33. The van der Waals surface area contributed by atoms with E-state index in [1.165, 1.54) is 24.9 Å². The van der Waals surface area contributed by atoms with Crippen LogP contribution in [0.1, 0.15) is 20.3 Å². The summed E-state index contributed by atoms with van der Waals surface area (Å²) >= 11 is 7.51. The number of amides is 1. The molecule has 0 aromatic rings. The number of hydrogen-bond donors (Lipinski definition) is 2. The summed E-state index contributed by atoms with van der Waals surface area (Å²) in [5, 5.41) is 12.0. The van der Waals surface area contributed by atoms with Crippen LogP contribution < -0.4 is 5.32 Å². The van der Waals surface area contributed by atoms with Gasteiger partial charge in [-0.15, -0.1) is 11.8 Å². The number of nitrogens with one attached hydrogen (secondary N) is 1. The lowest BCUT2D eigenvalue weighted by molar-refractivity contribution is -0.145. The zero-order valence-corrected chi connectivity index (χ0v) is 19.5. The van der Waals surface area contributed by atoms with Crippen LogP contribution >= 0.6 is 23.4 Å². The minimum atomic E-state index is -1.09. The predicted molar refractivity (Wildman–Crippen MR) is 122 cm³/mol. The number of esters is 1. The van der Waals surface area contributed by atoms with E-state index in [9.17, 15) is 19.5 Å². The lowest BCUT2D eigenvalue weighted by Gasteiger charge is -2.38. The van der Waals surface area contributed by atoms with E-state index in [0.29, 0.717) is 24.1 Å². The number of halogens is 1. The molecule has 1 unspecified atom stereocenters. The van der Waals surface area contributed by atoms with Crippen LogP contribution in [0.4, 0.5) is 4.79 Å². The van der Waals surface area contributed by atoms with Crippen molar-refractivity contribution in [1.29, 1.82) is 0 Å². The molecule has 1 aliphatic rings. The number of carbonyl (C=O) groups excluding carboxylic acids is 2. The Labute approximate surface area is 192 Å². The van der Waals surface area contributed by atoms with Gasteiger partial charge in [-0.25, -0.2) is 14.4 Å². The van der Waals surface area contributed by atoms with Gasteiger partial charge < -0.3 is 19.9 Å². The second-order valence-electron chi connectivity index (χ2n) is 6.94. The van der Waals surface area contributed by atoms with Crippen molar-refractivity contribution in [2.24, 2.45) is 0 Å². The van der Waals surface area contributed by atoms with Crippen molar-refractivity contribution in [3.63, 3.8) is 0 Å². The van der Waals surface area contributed by atoms with Gasteiger partial charge in [0.25, 0.3) is 0 Å². The van der Waals surface area contributed by atoms with Gasteiger partial charge in [0.15, 0.2) is 0 Å². The highest BCUT2D eigenvalue weighted by Gasteiger charge is 2.36. The normalized spacial score (nSPS) is 19.6. The summed E-state index contributed by atoms with van der Waals surface area (Å²) in [6, 6.07) is -0.852. The van der Waals surface area contributed by atoms with Crippen LogP contribution in [-0.2, 0) is 19.1 Å². The number of carboxylic acids is 1. The summed E-state index contributed by atoms with van der Waals surface area (Å²) < 4.78 is 9.97. The fraction of sp³-hybridized carbons (Fsp3) is 0.476. The number of rotatable bonds is 10. The number of methoxy groups -OCH3 is 1. The Morgan fingerprint density at radius 3 is 2.61 bits per heavy atom. The lowest BCUT2D eigenvalue weighted by atomic mass is 9.97. The van der Waals surface area contributed by atoms with Crippen molar-refractivity contribution < 1.29 is 29.0 Å². The van der Waals surface area contributed by atoms with E-state index in [4.69, 9.17) is 21.1 Å². The molecule has 0 bridgehead atoms. The predicted octanol–water partition coefficient (Wildman–Crippen LogP) is 3.30. The van der Waals surface area contributed by atoms with Crippen molar-refractivity contribution in [3.05, 3.63) is 47.6 Å². The molecule has 1 rings (SSSR count). The van der Waals surface area contributed by atoms with Crippen LogP contribution in [-0.4, -0.2) is 71.5 Å². The Hall–Kier alpha value is -2.23. The van der Waals surface area contributed by atoms with Gasteiger partial charge in [0.05, 0.1) is 19.1 Å². The number of ether oxygens (including phenoxy) is 2. The zero-order valence-electron chi connectivity index (χ0n) is 17.9. The molecule has 31 heavy (non-hydrogen) atoms. The fourth-order valence-electron chi connectivity index (χ4n) is 3.09. The highest BCUT2D eigenvalue weighted by Crippen LogP contribution is 2.32. The molecule has 0 radical (unpaired) electrons. The molecule has 8 nitrogen and oxygen atoms in total. The molecule has 1 amide bonds. The number of alkyl carbamates (subject to hydrolysis) is 1. The Morgan fingerprint density at radius 2 is 2.10 bits per heavy atom. The third kappa shape index (κ3) is 8.80. The van der Waals surface area contributed by atoms with Crippen molar-refractivity contribution in [2.75, 3.05) is 26.1 Å². The highest BCUT2D eigenvalue weighted by molar-refractivity contribution is 8.00. The van der Waals surface area contributed by atoms with Crippen molar-refractivity contribution in [1.82, 2.24) is 10.2 Å². The SMILES string of the molecule is C=C/C=C(\C(=C)Cl)[C@@H](C(=O)OC)N1CCC(SCNC(=O)OC(C)C)/C(=C\C(=O)O)C1. The maximum absolute atomic E-state index is 12.5. The number of aliphatic carboxylic acids is 1. The molecule has 172 valence electrons. The molecule has 1 heterocycles. The van der Waals surface area contributed by atoms with Crippen LogP contribution in [0.5, 0.6) is 0 Å². The summed E-state index contributed by atoms with van der Waals surface area (Å²) in [7, 11) is 1.27. The van der Waals surface area contributed by atoms with Crippen molar-refractivity contribution >= 4 is 41.4 Å². The fourth-order valence-corrected chi connectivity index (χ4v) is 4.29. The van der Waals surface area contributed by atoms with E-state index < -0.39 is 24.1 Å². The smallest absolute Gasteiger partial charge is 0.408 e. The minimum Gasteiger partial charge on any atom is -0.478 e. The molecule has 2 atom stereocenters. The van der Waals surface area contributed by atoms with Crippen molar-refractivity contribution in [3.8, 4) is 0 Å². The van der Waals surface area contributed by atoms with E-state index >= 15 is 0 Å². The number of hydrogen-bond acceptors (Lipinski definition) is 7. The van der Waals surface area contributed by atoms with Crippen LogP contribution in [0.2, 0.25) is 0 Å². The van der Waals surface area contributed by atoms with Gasteiger partial charge in [-0.2, -0.15) is 0 Å². The average molecular weight is 473 g/mol. The number of carbonyl (C=O) groups is 3. The zero-order chi connectivity index (χ0) is 23.6. The Bertz CT molecular complexity index is 765. The number of thioether (sulfide) groups is 1. The van der Waals surface area contributed by atoms with Gasteiger partial charge in [-0.05, 0) is 31.4 Å². The quantitative estimate of drug-likeness (QED) is 0.216. The number of nitrogens with zero attached hydrogens (tertiary/aromatic N) is 1. The first kappa shape index (κ1) is 26.8. The van der Waals surface area contributed by atoms with E-state index in [1.807, 2.05) is 0 Å². The molecular weight excluding hydrogens is 444 g/mol. The standard InChI is InChI=1S/C21H29ClN2O6S/c1-6-7-16(14(4)22)19(20(27)29-5)24-9-8-17(15(11-24)10-18(25)26)31-12-23-21(28)30-13(2)3/h6-7,10,13,17,19H,1,4,8-9,11-12H2,2-3,5H3,(H,23,28)(H,25,26)/b15-10-,16-7+/t17?,19-/m0/s1. The summed E-state index contributed by atoms with van der Waals surface area (Å²) in [5.74, 6) is -1.37. The Kier molecular flexibility index (Phi) is 11.4. The van der Waals surface area contributed by atoms with Gasteiger partial charge in [-0.3, -0.25) is 4.90 Å². The molecule has 10 heteroatoms. The number of likely N-dealkylation sites (tertiary alicyclic amines) is 1. The van der Waals surface area contributed by atoms with Crippen LogP contribution in [0.15, 0.2) is 47.6 Å². The maximum atomic E-state index is 12.5. The van der Waals surface area contributed by atoms with E-state index in [1.54, 1.807) is 24.8 Å². The molecule has 2 N–H and O–H groups in total. The van der Waals surface area contributed by atoms with E-state index in [0.717, 1.165) is 6.08 Å². The number of allylic oxidation sites excluding steroid dienone is 2. The molecule has 1 fully saturated rings. The molecule has 0 spiro atoms. The molecule has 0 aliphatic carbocycles. The van der Waals surface area contributed by atoms with Crippen LogP contribution in [0, 0.1) is 0 Å². The molecule has 1 aliphatic heterocycles. The first-order chi connectivity index (χ1) is 14.6. The van der Waals surface area contributed by atoms with Gasteiger partial charge in [0.2, 0.25) is 0 Å². The number of carboxylic acid groups (broad SMARTS) is 1. The highest BCUT2D eigenvalue weighted by atomic mass is 35.5. The van der Waals surface area contributed by atoms with Gasteiger partial charge in [-0.1, -0.05) is 36.9 Å². The van der Waals surface area contributed by atoms with Gasteiger partial charge >= 0.3 is 18.0 Å². The monoisotopic (exact) mass is 472 g/mol. The second kappa shape index (κ2) is 13.2. The van der Waals surface area contributed by atoms with E-state index in [-0.39, 0.29) is 28.8 Å². The largest absolute Gasteiger partial charge is 0.478 e. The Morgan fingerprint density at radius 1 is 1.42 bits per heavy atom. The van der Waals surface area contributed by atoms with E-state index in [2.05, 4.69) is 18.5 Å². The molecule has 1 saturated heterocycles. The number of piperidine rings is 1. The molecule has 0 aromatic heterocycles. The molecule has 0 saturated carbocycles. The summed E-state index contributed by atoms with van der Waals surface area (Å²) in [6.07, 6.45) is 4.00. The van der Waals surface area contributed by atoms with Crippen molar-refractivity contribution in [2.45, 2.75) is 37.7 Å². The lowest BCUT2D eigenvalue weighted by Crippen LogP contribution is -2.49. The second-order valence-corrected chi connectivity index (χ2v) is 8.58. The average Bonchev–Trinajstić information content (AvgIpc) is 2.67. The molecule has 0 aromatic carbocycles. The molecular formula is C21H29ClN2O6S. The maximum Gasteiger partial charge on any atom is 0.408 e.